The Kier molecular flexibility index (Phi) is 6.12. The maximum absolute atomic E-state index is 10.9. The van der Waals surface area contributed by atoms with E-state index in [1.807, 2.05) is 6.07 Å². The molecule has 0 heterocycles. The number of hydrogen-bond donors (Lipinski definition) is 2. The summed E-state index contributed by atoms with van der Waals surface area (Å²) in [5.41, 5.74) is 1.71. The van der Waals surface area contributed by atoms with Gasteiger partial charge in [0.2, 0.25) is 0 Å². The molecule has 0 atom stereocenters. The summed E-state index contributed by atoms with van der Waals surface area (Å²) in [4.78, 5) is 10.6. The van der Waals surface area contributed by atoms with Gasteiger partial charge in [0.1, 0.15) is 0 Å². The number of nitro benzene ring substituents is 1. The van der Waals surface area contributed by atoms with Crippen LogP contribution in [0.5, 0.6) is 0 Å². The lowest BCUT2D eigenvalue weighted by Gasteiger charge is -2.11. The number of anilines is 2. The predicted molar refractivity (Wildman–Crippen MR) is 79.8 cm³/mol. The predicted octanol–water partition coefficient (Wildman–Crippen LogP) is 3.87. The molecule has 0 saturated carbocycles. The molecule has 19 heavy (non-hydrogen) atoms. The first kappa shape index (κ1) is 15.3. The summed E-state index contributed by atoms with van der Waals surface area (Å²) >= 11 is 0. The minimum atomic E-state index is -0.356. The molecule has 0 aliphatic heterocycles. The molecule has 0 amide bonds. The van der Waals surface area contributed by atoms with Gasteiger partial charge in [-0.3, -0.25) is 10.1 Å². The van der Waals surface area contributed by atoms with Crippen LogP contribution in [0.1, 0.15) is 33.6 Å². The van der Waals surface area contributed by atoms with E-state index in [1.165, 1.54) is 0 Å². The zero-order valence-corrected chi connectivity index (χ0v) is 11.9. The zero-order valence-electron chi connectivity index (χ0n) is 11.9. The van der Waals surface area contributed by atoms with Crippen molar-refractivity contribution in [3.05, 3.63) is 28.3 Å². The van der Waals surface area contributed by atoms with E-state index in [2.05, 4.69) is 31.4 Å². The summed E-state index contributed by atoms with van der Waals surface area (Å²) in [5.74, 6) is 0.615. The lowest BCUT2D eigenvalue weighted by Crippen LogP contribution is -2.06. The van der Waals surface area contributed by atoms with E-state index in [1.54, 1.807) is 12.1 Å². The Hall–Kier alpha value is -1.78. The molecule has 0 saturated heterocycles. The molecule has 0 aromatic heterocycles. The number of nitrogens with zero attached hydrogens (tertiary/aromatic N) is 1. The van der Waals surface area contributed by atoms with Crippen molar-refractivity contribution >= 4 is 17.1 Å². The van der Waals surface area contributed by atoms with Crippen LogP contribution in [-0.2, 0) is 0 Å². The average molecular weight is 265 g/mol. The van der Waals surface area contributed by atoms with Crippen LogP contribution < -0.4 is 10.6 Å². The Morgan fingerprint density at radius 2 is 1.74 bits per heavy atom. The summed E-state index contributed by atoms with van der Waals surface area (Å²) in [6.07, 6.45) is 2.03. The molecule has 0 aliphatic rings. The van der Waals surface area contributed by atoms with Gasteiger partial charge in [-0.25, -0.2) is 0 Å². The van der Waals surface area contributed by atoms with Crippen molar-refractivity contribution in [3.63, 3.8) is 0 Å². The van der Waals surface area contributed by atoms with Gasteiger partial charge in [0, 0.05) is 36.6 Å². The number of nitrogens with one attached hydrogen (secondary N) is 2. The van der Waals surface area contributed by atoms with Crippen LogP contribution in [0, 0.1) is 16.0 Å². The fourth-order valence-corrected chi connectivity index (χ4v) is 1.70. The normalized spacial score (nSPS) is 10.5. The number of rotatable bonds is 8. The monoisotopic (exact) mass is 265 g/mol. The minimum Gasteiger partial charge on any atom is -0.385 e. The largest absolute Gasteiger partial charge is 0.385 e. The quantitative estimate of drug-likeness (QED) is 0.553. The third kappa shape index (κ3) is 5.59. The molecule has 5 nitrogen and oxygen atoms in total. The van der Waals surface area contributed by atoms with Crippen molar-refractivity contribution in [2.75, 3.05) is 23.7 Å². The summed E-state index contributed by atoms with van der Waals surface area (Å²) in [6, 6.07) is 5.07. The van der Waals surface area contributed by atoms with Gasteiger partial charge < -0.3 is 10.6 Å². The van der Waals surface area contributed by atoms with Crippen LogP contribution in [0.25, 0.3) is 0 Å². The van der Waals surface area contributed by atoms with Gasteiger partial charge >= 0.3 is 0 Å². The number of non-ortho nitro benzene ring substituents is 1. The van der Waals surface area contributed by atoms with Gasteiger partial charge in [0.25, 0.3) is 5.69 Å². The third-order valence-corrected chi connectivity index (χ3v) is 2.76. The molecule has 0 fully saturated rings. The number of hydrogen-bond acceptors (Lipinski definition) is 4. The molecule has 5 heteroatoms. The third-order valence-electron chi connectivity index (χ3n) is 2.76. The van der Waals surface area contributed by atoms with Crippen molar-refractivity contribution in [1.82, 2.24) is 0 Å². The van der Waals surface area contributed by atoms with Crippen LogP contribution in [0.2, 0.25) is 0 Å². The molecule has 0 aliphatic carbocycles. The van der Waals surface area contributed by atoms with Gasteiger partial charge in [-0.2, -0.15) is 0 Å². The molecule has 2 N–H and O–H groups in total. The lowest BCUT2D eigenvalue weighted by molar-refractivity contribution is -0.384. The maximum atomic E-state index is 10.9. The zero-order chi connectivity index (χ0) is 14.3. The van der Waals surface area contributed by atoms with Crippen LogP contribution >= 0.6 is 0 Å². The summed E-state index contributed by atoms with van der Waals surface area (Å²) in [5, 5.41) is 17.3. The van der Waals surface area contributed by atoms with E-state index in [0.717, 1.165) is 37.3 Å². The number of benzene rings is 1. The SMILES string of the molecule is CCCNc1cc(NCCC(C)C)cc([N+](=O)[O-])c1. The van der Waals surface area contributed by atoms with Gasteiger partial charge in [0.15, 0.2) is 0 Å². The Labute approximate surface area is 114 Å². The van der Waals surface area contributed by atoms with Crippen molar-refractivity contribution in [2.45, 2.75) is 33.6 Å². The van der Waals surface area contributed by atoms with Crippen LogP contribution in [0.4, 0.5) is 17.1 Å². The molecule has 1 aromatic carbocycles. The Balaban J connectivity index is 2.77. The van der Waals surface area contributed by atoms with E-state index >= 15 is 0 Å². The molecule has 0 spiro atoms. The van der Waals surface area contributed by atoms with Gasteiger partial charge in [-0.1, -0.05) is 20.8 Å². The van der Waals surface area contributed by atoms with Crippen molar-refractivity contribution in [1.29, 1.82) is 0 Å². The highest BCUT2D eigenvalue weighted by Gasteiger charge is 2.09. The molecular formula is C14H23N3O2. The molecular weight excluding hydrogens is 242 g/mol. The minimum absolute atomic E-state index is 0.119. The Bertz CT molecular complexity index is 419. The average Bonchev–Trinajstić information content (AvgIpc) is 2.35. The maximum Gasteiger partial charge on any atom is 0.273 e. The van der Waals surface area contributed by atoms with Crippen LogP contribution in [0.3, 0.4) is 0 Å². The molecule has 0 bridgehead atoms. The van der Waals surface area contributed by atoms with Crippen LogP contribution in [-0.4, -0.2) is 18.0 Å². The molecule has 0 unspecified atom stereocenters. The fraction of sp³-hybridized carbons (Fsp3) is 0.571. The number of nitro groups is 1. The first-order valence-electron chi connectivity index (χ1n) is 6.80. The second kappa shape index (κ2) is 7.61. The fourth-order valence-electron chi connectivity index (χ4n) is 1.70. The van der Waals surface area contributed by atoms with Crippen molar-refractivity contribution in [3.8, 4) is 0 Å². The van der Waals surface area contributed by atoms with Crippen LogP contribution in [0.15, 0.2) is 18.2 Å². The second-order valence-electron chi connectivity index (χ2n) is 5.06. The van der Waals surface area contributed by atoms with Gasteiger partial charge in [-0.05, 0) is 24.8 Å². The van der Waals surface area contributed by atoms with E-state index in [9.17, 15) is 10.1 Å². The lowest BCUT2D eigenvalue weighted by atomic mass is 10.1. The summed E-state index contributed by atoms with van der Waals surface area (Å²) < 4.78 is 0. The van der Waals surface area contributed by atoms with E-state index in [4.69, 9.17) is 0 Å². The van der Waals surface area contributed by atoms with Gasteiger partial charge in [0.05, 0.1) is 4.92 Å². The highest BCUT2D eigenvalue weighted by molar-refractivity contribution is 5.63. The highest BCUT2D eigenvalue weighted by Crippen LogP contribution is 2.24. The first-order chi connectivity index (χ1) is 9.02. The second-order valence-corrected chi connectivity index (χ2v) is 5.06. The Morgan fingerprint density at radius 1 is 1.16 bits per heavy atom. The topological polar surface area (TPSA) is 67.2 Å². The van der Waals surface area contributed by atoms with Crippen molar-refractivity contribution in [2.24, 2.45) is 5.92 Å². The van der Waals surface area contributed by atoms with E-state index in [0.29, 0.717) is 5.92 Å². The molecule has 1 rings (SSSR count). The summed E-state index contributed by atoms with van der Waals surface area (Å²) in [6.45, 7) is 8.01. The van der Waals surface area contributed by atoms with E-state index in [-0.39, 0.29) is 10.6 Å². The first-order valence-corrected chi connectivity index (χ1v) is 6.80. The van der Waals surface area contributed by atoms with Gasteiger partial charge in [-0.15, -0.1) is 0 Å². The standard InChI is InChI=1S/C14H23N3O2/c1-4-6-15-12-8-13(16-7-5-11(2)3)10-14(9-12)17(18)19/h8-11,15-16H,4-7H2,1-3H3. The summed E-state index contributed by atoms with van der Waals surface area (Å²) in [7, 11) is 0. The Morgan fingerprint density at radius 3 is 2.21 bits per heavy atom. The molecule has 0 radical (unpaired) electrons. The smallest absolute Gasteiger partial charge is 0.273 e. The van der Waals surface area contributed by atoms with Crippen molar-refractivity contribution < 1.29 is 4.92 Å². The molecule has 1 aromatic rings. The van der Waals surface area contributed by atoms with E-state index < -0.39 is 0 Å². The molecule has 106 valence electrons. The highest BCUT2D eigenvalue weighted by atomic mass is 16.6.